The summed E-state index contributed by atoms with van der Waals surface area (Å²) in [4.78, 5) is 15.2. The number of aromatic amines is 1. The van der Waals surface area contributed by atoms with Crippen molar-refractivity contribution in [3.63, 3.8) is 0 Å². The maximum atomic E-state index is 13.3. The van der Waals surface area contributed by atoms with Gasteiger partial charge in [-0.15, -0.1) is 0 Å². The van der Waals surface area contributed by atoms with E-state index in [9.17, 15) is 4.79 Å². The molecule has 0 unspecified atom stereocenters. The lowest BCUT2D eigenvalue weighted by molar-refractivity contribution is 0.0978. The van der Waals surface area contributed by atoms with Crippen LogP contribution in [0.2, 0.25) is 0 Å². The molecule has 2 aliphatic heterocycles. The molecule has 0 bridgehead atoms. The number of aromatic nitrogens is 2. The predicted octanol–water partition coefficient (Wildman–Crippen LogP) is 2.77. The molecule has 0 spiro atoms. The second kappa shape index (κ2) is 5.74. The van der Waals surface area contributed by atoms with Crippen LogP contribution in [0.15, 0.2) is 24.3 Å². The third-order valence-electron chi connectivity index (χ3n) is 5.83. The normalized spacial score (nSPS) is 18.3. The number of para-hydroxylation sites is 1. The van der Waals surface area contributed by atoms with Crippen LogP contribution in [-0.4, -0.2) is 29.2 Å². The Balaban J connectivity index is 1.75. The molecule has 2 aliphatic rings. The monoisotopic (exact) mass is 324 g/mol. The van der Waals surface area contributed by atoms with Gasteiger partial charge in [-0.25, -0.2) is 0 Å². The van der Waals surface area contributed by atoms with Gasteiger partial charge in [-0.3, -0.25) is 9.89 Å². The zero-order valence-electron chi connectivity index (χ0n) is 14.4. The summed E-state index contributed by atoms with van der Waals surface area (Å²) in [6.45, 7) is 6.83. The number of anilines is 1. The molecule has 2 N–H and O–H groups in total. The first-order valence-electron chi connectivity index (χ1n) is 8.88. The van der Waals surface area contributed by atoms with Gasteiger partial charge in [-0.1, -0.05) is 32.0 Å². The third kappa shape index (κ3) is 2.11. The van der Waals surface area contributed by atoms with Crippen molar-refractivity contribution in [1.82, 2.24) is 15.5 Å². The Labute approximate surface area is 142 Å². The molecule has 126 valence electrons. The van der Waals surface area contributed by atoms with Crippen LogP contribution in [0.4, 0.5) is 5.69 Å². The van der Waals surface area contributed by atoms with Gasteiger partial charge in [0.25, 0.3) is 5.91 Å². The highest BCUT2D eigenvalue weighted by atomic mass is 16.2. The van der Waals surface area contributed by atoms with Crippen LogP contribution < -0.4 is 10.2 Å². The second-order valence-corrected chi connectivity index (χ2v) is 6.85. The maximum absolute atomic E-state index is 13.3. The van der Waals surface area contributed by atoms with Crippen molar-refractivity contribution in [2.24, 2.45) is 0 Å². The highest BCUT2D eigenvalue weighted by molar-refractivity contribution is 6.07. The third-order valence-corrected chi connectivity index (χ3v) is 5.83. The lowest BCUT2D eigenvalue weighted by Crippen LogP contribution is -2.37. The van der Waals surface area contributed by atoms with Crippen molar-refractivity contribution in [2.45, 2.75) is 45.1 Å². The first-order chi connectivity index (χ1) is 11.7. The number of fused-ring (bicyclic) bond motifs is 2. The number of amides is 1. The van der Waals surface area contributed by atoms with Gasteiger partial charge in [-0.05, 0) is 24.5 Å². The van der Waals surface area contributed by atoms with E-state index in [4.69, 9.17) is 0 Å². The van der Waals surface area contributed by atoms with E-state index in [2.05, 4.69) is 47.6 Å². The molecule has 1 amide bonds. The van der Waals surface area contributed by atoms with Crippen LogP contribution in [-0.2, 0) is 18.4 Å². The number of nitrogens with one attached hydrogen (secondary N) is 2. The maximum Gasteiger partial charge on any atom is 0.279 e. The molecule has 0 fully saturated rings. The molecule has 0 saturated heterocycles. The summed E-state index contributed by atoms with van der Waals surface area (Å²) in [5, 5.41) is 10.8. The van der Waals surface area contributed by atoms with E-state index in [1.807, 2.05) is 11.0 Å². The van der Waals surface area contributed by atoms with Crippen LogP contribution >= 0.6 is 0 Å². The van der Waals surface area contributed by atoms with Gasteiger partial charge in [0.05, 0.1) is 0 Å². The highest BCUT2D eigenvalue weighted by Gasteiger charge is 2.43. The summed E-state index contributed by atoms with van der Waals surface area (Å²) in [5.41, 5.74) is 5.12. The van der Waals surface area contributed by atoms with E-state index < -0.39 is 0 Å². The Morgan fingerprint density at radius 2 is 2.08 bits per heavy atom. The van der Waals surface area contributed by atoms with Crippen molar-refractivity contribution in [3.05, 3.63) is 46.8 Å². The molecule has 4 rings (SSSR count). The molecule has 5 heteroatoms. The van der Waals surface area contributed by atoms with Crippen molar-refractivity contribution >= 4 is 11.6 Å². The lowest BCUT2D eigenvalue weighted by atomic mass is 9.78. The summed E-state index contributed by atoms with van der Waals surface area (Å²) in [6.07, 6.45) is 2.97. The number of hydrogen-bond acceptors (Lipinski definition) is 3. The van der Waals surface area contributed by atoms with E-state index in [0.29, 0.717) is 5.69 Å². The van der Waals surface area contributed by atoms with E-state index in [-0.39, 0.29) is 11.3 Å². The second-order valence-electron chi connectivity index (χ2n) is 6.85. The topological polar surface area (TPSA) is 61.0 Å². The number of benzene rings is 1. The lowest BCUT2D eigenvalue weighted by Gasteiger charge is -2.27. The molecule has 24 heavy (non-hydrogen) atoms. The van der Waals surface area contributed by atoms with Gasteiger partial charge in [0.1, 0.15) is 0 Å². The van der Waals surface area contributed by atoms with Crippen LogP contribution in [0.3, 0.4) is 0 Å². The number of hydrogen-bond donors (Lipinski definition) is 2. The van der Waals surface area contributed by atoms with Gasteiger partial charge < -0.3 is 10.2 Å². The van der Waals surface area contributed by atoms with Crippen molar-refractivity contribution in [2.75, 3.05) is 18.0 Å². The summed E-state index contributed by atoms with van der Waals surface area (Å²) < 4.78 is 0. The molecule has 0 aliphatic carbocycles. The minimum absolute atomic E-state index is 0.0208. The van der Waals surface area contributed by atoms with Crippen LogP contribution in [0, 0.1) is 0 Å². The fourth-order valence-corrected chi connectivity index (χ4v) is 4.20. The minimum atomic E-state index is 0.0208. The Hall–Kier alpha value is -2.14. The average molecular weight is 324 g/mol. The molecule has 1 aromatic heterocycles. The number of nitrogens with zero attached hydrogens (tertiary/aromatic N) is 2. The van der Waals surface area contributed by atoms with Crippen LogP contribution in [0.5, 0.6) is 0 Å². The van der Waals surface area contributed by atoms with Crippen molar-refractivity contribution in [3.8, 4) is 0 Å². The summed E-state index contributed by atoms with van der Waals surface area (Å²) >= 11 is 0. The van der Waals surface area contributed by atoms with Gasteiger partial charge in [0.15, 0.2) is 5.69 Å². The number of carbonyl (C=O) groups is 1. The standard InChI is InChI=1S/C19H24N4O/c1-3-19(4-2)12-23(16-8-6-5-7-14(16)19)18(24)17-13-11-20-10-9-15(13)21-22-17/h5-8,20H,3-4,9-12H2,1-2H3,(H,21,22). The van der Waals surface area contributed by atoms with E-state index >= 15 is 0 Å². The number of H-pyrrole nitrogens is 1. The zero-order chi connectivity index (χ0) is 16.7. The van der Waals surface area contributed by atoms with Gasteiger partial charge in [0.2, 0.25) is 0 Å². The smallest absolute Gasteiger partial charge is 0.279 e. The van der Waals surface area contributed by atoms with Gasteiger partial charge >= 0.3 is 0 Å². The highest BCUT2D eigenvalue weighted by Crippen LogP contribution is 2.45. The SMILES string of the molecule is CCC1(CC)CN(C(=O)c2n[nH]c3c2CNCC3)c2ccccc21. The Morgan fingerprint density at radius 1 is 1.29 bits per heavy atom. The predicted molar refractivity (Wildman–Crippen MR) is 94.4 cm³/mol. The molecular formula is C19H24N4O. The largest absolute Gasteiger partial charge is 0.312 e. The van der Waals surface area contributed by atoms with E-state index in [1.54, 1.807) is 0 Å². The average Bonchev–Trinajstić information content (AvgIpc) is 3.21. The van der Waals surface area contributed by atoms with Gasteiger partial charge in [0, 0.05) is 48.4 Å². The molecule has 0 saturated carbocycles. The minimum Gasteiger partial charge on any atom is -0.312 e. The summed E-state index contributed by atoms with van der Waals surface area (Å²) in [6, 6.07) is 8.34. The van der Waals surface area contributed by atoms with Crippen molar-refractivity contribution in [1.29, 1.82) is 0 Å². The molecule has 5 nitrogen and oxygen atoms in total. The Morgan fingerprint density at radius 3 is 2.88 bits per heavy atom. The first-order valence-corrected chi connectivity index (χ1v) is 8.88. The number of carbonyl (C=O) groups excluding carboxylic acids is 1. The molecule has 2 aromatic rings. The van der Waals surface area contributed by atoms with E-state index in [0.717, 1.165) is 55.8 Å². The summed E-state index contributed by atoms with van der Waals surface area (Å²) in [7, 11) is 0. The van der Waals surface area contributed by atoms with Crippen LogP contribution in [0.1, 0.15) is 54.0 Å². The molecule has 0 radical (unpaired) electrons. The summed E-state index contributed by atoms with van der Waals surface area (Å²) in [5.74, 6) is 0.0208. The van der Waals surface area contributed by atoms with E-state index in [1.165, 1.54) is 5.56 Å². The molecule has 0 atom stereocenters. The zero-order valence-corrected chi connectivity index (χ0v) is 14.4. The fourth-order valence-electron chi connectivity index (χ4n) is 4.20. The quantitative estimate of drug-likeness (QED) is 0.912. The molecule has 1 aromatic carbocycles. The van der Waals surface area contributed by atoms with Gasteiger partial charge in [-0.2, -0.15) is 5.10 Å². The Bertz CT molecular complexity index is 775. The first kappa shape index (κ1) is 15.4. The van der Waals surface area contributed by atoms with Crippen LogP contribution in [0.25, 0.3) is 0 Å². The Kier molecular flexibility index (Phi) is 3.68. The number of rotatable bonds is 3. The molecule has 3 heterocycles. The fraction of sp³-hybridized carbons (Fsp3) is 0.474. The molecular weight excluding hydrogens is 300 g/mol. The van der Waals surface area contributed by atoms with Crippen molar-refractivity contribution < 1.29 is 4.79 Å².